The number of allylic oxidation sites excluding steroid dienone is 6. The first-order valence-corrected chi connectivity index (χ1v) is 13.2. The van der Waals surface area contributed by atoms with Crippen LogP contribution in [-0.4, -0.2) is 43.6 Å². The van der Waals surface area contributed by atoms with Gasteiger partial charge in [-0.1, -0.05) is 50.1 Å². The van der Waals surface area contributed by atoms with Crippen LogP contribution in [0.4, 0.5) is 0 Å². The fourth-order valence-electron chi connectivity index (χ4n) is 5.03. The molecule has 3 atom stereocenters. The van der Waals surface area contributed by atoms with Gasteiger partial charge in [-0.15, -0.1) is 0 Å². The molecule has 1 fully saturated rings. The van der Waals surface area contributed by atoms with Crippen LogP contribution in [0.15, 0.2) is 52.6 Å². The van der Waals surface area contributed by atoms with Gasteiger partial charge in [0.05, 0.1) is 25.8 Å². The summed E-state index contributed by atoms with van der Waals surface area (Å²) in [5.74, 6) is 1.23. The van der Waals surface area contributed by atoms with Gasteiger partial charge in [0.1, 0.15) is 11.8 Å². The minimum absolute atomic E-state index is 0.115. The first-order valence-electron chi connectivity index (χ1n) is 13.2. The predicted octanol–water partition coefficient (Wildman–Crippen LogP) is 3.62. The molecule has 1 aromatic heterocycles. The van der Waals surface area contributed by atoms with Crippen LogP contribution < -0.4 is 16.2 Å². The number of methoxy groups -OCH3 is 1. The molecule has 198 valence electrons. The third-order valence-electron chi connectivity index (χ3n) is 7.08. The predicted molar refractivity (Wildman–Crippen MR) is 143 cm³/mol. The van der Waals surface area contributed by atoms with E-state index in [-0.39, 0.29) is 35.6 Å². The van der Waals surface area contributed by atoms with Crippen LogP contribution in [0, 0.1) is 5.92 Å². The zero-order valence-electron chi connectivity index (χ0n) is 21.9. The zero-order valence-corrected chi connectivity index (χ0v) is 21.9. The van der Waals surface area contributed by atoms with Crippen LogP contribution in [0.1, 0.15) is 68.2 Å². The third-order valence-corrected chi connectivity index (χ3v) is 7.08. The third kappa shape index (κ3) is 6.24. The molecule has 8 nitrogen and oxygen atoms in total. The van der Waals surface area contributed by atoms with E-state index in [4.69, 9.17) is 9.47 Å². The smallest absolute Gasteiger partial charge is 0.252 e. The van der Waals surface area contributed by atoms with E-state index < -0.39 is 6.04 Å². The van der Waals surface area contributed by atoms with Crippen molar-refractivity contribution in [2.24, 2.45) is 5.92 Å². The van der Waals surface area contributed by atoms with Gasteiger partial charge in [-0.25, -0.2) is 0 Å². The highest BCUT2D eigenvalue weighted by Crippen LogP contribution is 2.58. The summed E-state index contributed by atoms with van der Waals surface area (Å²) < 4.78 is 11.8. The number of hydrogen-bond donors (Lipinski definition) is 3. The van der Waals surface area contributed by atoms with Crippen molar-refractivity contribution in [3.05, 3.63) is 75.0 Å². The van der Waals surface area contributed by atoms with E-state index in [1.807, 2.05) is 36.4 Å². The van der Waals surface area contributed by atoms with Gasteiger partial charge >= 0.3 is 0 Å². The minimum Gasteiger partial charge on any atom is -0.497 e. The number of aromatic nitrogens is 1. The lowest BCUT2D eigenvalue weighted by molar-refractivity contribution is -0.128. The molecule has 1 aromatic rings. The Labute approximate surface area is 217 Å². The van der Waals surface area contributed by atoms with Gasteiger partial charge < -0.3 is 25.1 Å². The molecule has 2 amide bonds. The average Bonchev–Trinajstić information content (AvgIpc) is 3.71. The van der Waals surface area contributed by atoms with Crippen molar-refractivity contribution in [3.8, 4) is 0 Å². The summed E-state index contributed by atoms with van der Waals surface area (Å²) in [6.45, 7) is 2.70. The number of unbranched alkanes of at least 4 members (excludes halogenated alkanes) is 2. The molecule has 0 bridgehead atoms. The molecular formula is C29H37N3O5. The van der Waals surface area contributed by atoms with Crippen molar-refractivity contribution in [2.45, 2.75) is 63.8 Å². The van der Waals surface area contributed by atoms with Crippen molar-refractivity contribution >= 4 is 17.6 Å². The van der Waals surface area contributed by atoms with Crippen LogP contribution in [0.25, 0.3) is 5.76 Å². The van der Waals surface area contributed by atoms with Gasteiger partial charge in [0.25, 0.3) is 5.56 Å². The monoisotopic (exact) mass is 507 g/mol. The highest BCUT2D eigenvalue weighted by Gasteiger charge is 2.49. The SMILES string of the molecule is CCCCCOC1=C(OC)C2CC2c2cc(CC(=O)NC(CC3=CC=CCC=C3)C(=O)NC)c(=O)[nH]c21. The number of nitrogens with one attached hydrogen (secondary N) is 3. The molecule has 37 heavy (non-hydrogen) atoms. The van der Waals surface area contributed by atoms with Crippen molar-refractivity contribution in [3.63, 3.8) is 0 Å². The quantitative estimate of drug-likeness (QED) is 0.375. The first kappa shape index (κ1) is 26.5. The van der Waals surface area contributed by atoms with Crippen LogP contribution in [0.5, 0.6) is 0 Å². The molecule has 3 N–H and O–H groups in total. The standard InChI is InChI=1S/C29H37N3O5/c1-4-5-10-13-37-27-25-21(20-17-22(20)26(27)36-3)15-19(28(34)32-25)16-24(33)31-23(29(35)30-2)14-18-11-8-6-7-9-12-18/h6,8-9,11-12,15,20,22-23H,4-5,7,10,13-14,16-17H2,1-3H3,(H,30,35)(H,31,33)(H,32,34). The van der Waals surface area contributed by atoms with Crippen LogP contribution >= 0.6 is 0 Å². The zero-order chi connectivity index (χ0) is 26.4. The van der Waals surface area contributed by atoms with E-state index in [1.54, 1.807) is 14.2 Å². The Morgan fingerprint density at radius 2 is 2.05 bits per heavy atom. The van der Waals surface area contributed by atoms with Gasteiger partial charge in [0.2, 0.25) is 11.8 Å². The van der Waals surface area contributed by atoms with Gasteiger partial charge in [-0.3, -0.25) is 14.4 Å². The Morgan fingerprint density at radius 3 is 2.81 bits per heavy atom. The summed E-state index contributed by atoms with van der Waals surface area (Å²) >= 11 is 0. The largest absolute Gasteiger partial charge is 0.497 e. The highest BCUT2D eigenvalue weighted by atomic mass is 16.5. The number of likely N-dealkylation sites (N-methyl/N-ethyl adjacent to an activating group) is 1. The lowest BCUT2D eigenvalue weighted by atomic mass is 9.96. The Kier molecular flexibility index (Phi) is 8.69. The summed E-state index contributed by atoms with van der Waals surface area (Å²) in [5, 5.41) is 5.44. The maximum atomic E-state index is 13.0. The van der Waals surface area contributed by atoms with E-state index in [0.717, 1.165) is 49.0 Å². The Morgan fingerprint density at radius 1 is 1.22 bits per heavy atom. The molecule has 0 aromatic carbocycles. The minimum atomic E-state index is -0.736. The van der Waals surface area contributed by atoms with Gasteiger partial charge in [0.15, 0.2) is 5.76 Å². The molecule has 0 spiro atoms. The molecule has 0 saturated heterocycles. The van der Waals surface area contributed by atoms with Crippen molar-refractivity contribution in [1.29, 1.82) is 0 Å². The second kappa shape index (κ2) is 12.1. The molecule has 3 unspecified atom stereocenters. The summed E-state index contributed by atoms with van der Waals surface area (Å²) in [6, 6.07) is 1.09. The second-order valence-electron chi connectivity index (χ2n) is 9.78. The van der Waals surface area contributed by atoms with Gasteiger partial charge in [0, 0.05) is 24.9 Å². The fraction of sp³-hybridized carbons (Fsp3) is 0.483. The van der Waals surface area contributed by atoms with Crippen molar-refractivity contribution in [1.82, 2.24) is 15.6 Å². The second-order valence-corrected chi connectivity index (χ2v) is 9.78. The van der Waals surface area contributed by atoms with Crippen molar-refractivity contribution in [2.75, 3.05) is 20.8 Å². The molecule has 1 saturated carbocycles. The Balaban J connectivity index is 1.51. The maximum Gasteiger partial charge on any atom is 0.252 e. The number of pyridine rings is 1. The summed E-state index contributed by atoms with van der Waals surface area (Å²) in [6.07, 6.45) is 15.0. The number of hydrogen-bond acceptors (Lipinski definition) is 5. The highest BCUT2D eigenvalue weighted by molar-refractivity contribution is 5.88. The van der Waals surface area contributed by atoms with Gasteiger partial charge in [-0.2, -0.15) is 0 Å². The van der Waals surface area contributed by atoms with E-state index in [2.05, 4.69) is 22.5 Å². The molecule has 3 aliphatic carbocycles. The van der Waals surface area contributed by atoms with E-state index in [0.29, 0.717) is 30.0 Å². The van der Waals surface area contributed by atoms with Gasteiger partial charge in [-0.05, 0) is 42.4 Å². The number of carbonyl (C=O) groups excluding carboxylic acids is 2. The average molecular weight is 508 g/mol. The lowest BCUT2D eigenvalue weighted by Crippen LogP contribution is -2.46. The fourth-order valence-corrected chi connectivity index (χ4v) is 5.03. The Hall–Kier alpha value is -3.55. The summed E-state index contributed by atoms with van der Waals surface area (Å²) in [7, 11) is 3.19. The molecule has 3 aliphatic rings. The van der Waals surface area contributed by atoms with Crippen LogP contribution in [0.3, 0.4) is 0 Å². The number of H-pyrrole nitrogens is 1. The molecule has 0 radical (unpaired) electrons. The number of aromatic amines is 1. The maximum absolute atomic E-state index is 13.0. The molecule has 1 heterocycles. The molecular weight excluding hydrogens is 470 g/mol. The number of rotatable bonds is 12. The molecule has 4 rings (SSSR count). The summed E-state index contributed by atoms with van der Waals surface area (Å²) in [5.41, 5.74) is 2.63. The van der Waals surface area contributed by atoms with Crippen molar-refractivity contribution < 1.29 is 19.1 Å². The molecule has 8 heteroatoms. The van der Waals surface area contributed by atoms with Crippen LogP contribution in [-0.2, 0) is 25.5 Å². The number of fused-ring (bicyclic) bond motifs is 3. The van der Waals surface area contributed by atoms with E-state index in [9.17, 15) is 14.4 Å². The van der Waals surface area contributed by atoms with E-state index in [1.165, 1.54) is 0 Å². The van der Waals surface area contributed by atoms with Crippen LogP contribution in [0.2, 0.25) is 0 Å². The molecule has 0 aliphatic heterocycles. The lowest BCUT2D eigenvalue weighted by Gasteiger charge is -2.23. The number of amides is 2. The van der Waals surface area contributed by atoms with E-state index >= 15 is 0 Å². The normalized spacial score (nSPS) is 20.2. The Bertz CT molecular complexity index is 1210. The summed E-state index contributed by atoms with van der Waals surface area (Å²) in [4.78, 5) is 41.5. The number of ether oxygens (including phenoxy) is 2. The number of carbonyl (C=O) groups is 2. The first-order chi connectivity index (χ1) is 18.0. The topological polar surface area (TPSA) is 110 Å².